The van der Waals surface area contributed by atoms with Gasteiger partial charge in [-0.05, 0) is 37.5 Å². The van der Waals surface area contributed by atoms with Crippen LogP contribution in [0.5, 0.6) is 0 Å². The maximum Gasteiger partial charge on any atom is 0.472 e. The zero-order valence-corrected chi connectivity index (χ0v) is 75.1. The summed E-state index contributed by atoms with van der Waals surface area (Å²) in [6, 6.07) is 0. The number of unbranched alkanes of at least 4 members (excludes halogenated alkanes) is 60. The lowest BCUT2D eigenvalue weighted by Gasteiger charge is -2.21. The maximum absolute atomic E-state index is 13.2. The van der Waals surface area contributed by atoms with Crippen molar-refractivity contribution in [3.63, 3.8) is 0 Å². The minimum absolute atomic E-state index is 0.109. The van der Waals surface area contributed by atoms with Gasteiger partial charge in [-0.2, -0.15) is 0 Å². The van der Waals surface area contributed by atoms with Crippen LogP contribution in [-0.4, -0.2) is 96.7 Å². The van der Waals surface area contributed by atoms with Crippen molar-refractivity contribution in [2.24, 2.45) is 11.8 Å². The van der Waals surface area contributed by atoms with Crippen molar-refractivity contribution in [3.8, 4) is 0 Å². The van der Waals surface area contributed by atoms with Gasteiger partial charge < -0.3 is 33.8 Å². The van der Waals surface area contributed by atoms with Crippen LogP contribution in [0.1, 0.15) is 497 Å². The molecule has 0 aliphatic carbocycles. The number of phosphoric ester groups is 2. The smallest absolute Gasteiger partial charge is 0.462 e. The number of hydrogen-bond acceptors (Lipinski definition) is 15. The first-order chi connectivity index (χ1) is 53.9. The van der Waals surface area contributed by atoms with Crippen LogP contribution in [0.4, 0.5) is 0 Å². The third kappa shape index (κ3) is 84.3. The fourth-order valence-corrected chi connectivity index (χ4v) is 16.0. The molecular weight excluding hydrogens is 1440 g/mol. The molecule has 0 amide bonds. The molecule has 0 aromatic heterocycles. The van der Waals surface area contributed by atoms with Crippen LogP contribution in [0.3, 0.4) is 0 Å². The normalized spacial score (nSPS) is 14.0. The summed E-state index contributed by atoms with van der Waals surface area (Å²) in [5.74, 6) is -0.398. The molecule has 0 fully saturated rings. The van der Waals surface area contributed by atoms with E-state index in [1.807, 2.05) is 0 Å². The van der Waals surface area contributed by atoms with E-state index in [2.05, 4.69) is 41.5 Å². The highest BCUT2D eigenvalue weighted by Gasteiger charge is 2.31. The van der Waals surface area contributed by atoms with Crippen molar-refractivity contribution in [2.45, 2.75) is 516 Å². The molecule has 3 N–H and O–H groups in total. The second-order valence-electron chi connectivity index (χ2n) is 33.8. The van der Waals surface area contributed by atoms with Gasteiger partial charge in [0, 0.05) is 25.7 Å². The lowest BCUT2D eigenvalue weighted by Crippen LogP contribution is -2.30. The molecule has 6 atom stereocenters. The number of aliphatic hydroxyl groups excluding tert-OH is 1. The molecule has 0 bridgehead atoms. The first-order valence-corrected chi connectivity index (χ1v) is 50.5. The van der Waals surface area contributed by atoms with Gasteiger partial charge >= 0.3 is 39.5 Å². The van der Waals surface area contributed by atoms with Crippen LogP contribution in [0.2, 0.25) is 0 Å². The van der Waals surface area contributed by atoms with Gasteiger partial charge in [0.15, 0.2) is 12.2 Å². The van der Waals surface area contributed by atoms with Crippen molar-refractivity contribution >= 4 is 39.5 Å². The van der Waals surface area contributed by atoms with Gasteiger partial charge in [0.05, 0.1) is 26.4 Å². The van der Waals surface area contributed by atoms with E-state index >= 15 is 0 Å². The SMILES string of the molecule is CCCCCCCCCCCCCCCCCC(=O)O[C@H](COC(=O)CCCCCCCCCCCCCCC)COP(=O)(O)OC[C@H](O)COP(=O)(O)OC[C@@H](COC(=O)CCCCCCCCCCCCCCCCCCCCC(C)C)OC(=O)CCCCCCCCCCCCCCCCCCCCC(C)CC. The predicted molar refractivity (Wildman–Crippen MR) is 460 cm³/mol. The van der Waals surface area contributed by atoms with E-state index in [4.69, 9.17) is 37.0 Å². The summed E-state index contributed by atoms with van der Waals surface area (Å²) in [6.07, 6.45) is 77.7. The molecule has 0 radical (unpaired) electrons. The molecule has 111 heavy (non-hydrogen) atoms. The zero-order chi connectivity index (χ0) is 81.3. The van der Waals surface area contributed by atoms with Gasteiger partial charge in [-0.3, -0.25) is 37.3 Å². The number of esters is 4. The highest BCUT2D eigenvalue weighted by atomic mass is 31.2. The molecule has 17 nitrogen and oxygen atoms in total. The Hall–Kier alpha value is -1.94. The number of phosphoric acid groups is 2. The van der Waals surface area contributed by atoms with Gasteiger partial charge in [0.2, 0.25) is 0 Å². The summed E-state index contributed by atoms with van der Waals surface area (Å²) in [5, 5.41) is 10.7. The standard InChI is InChI=1S/C92H180O17P2/c1-7-10-12-14-16-18-20-22-31-40-46-52-58-64-70-76-91(96)108-87(80-102-89(94)74-68-62-56-50-44-36-21-19-17-15-13-11-8-2)82-106-110(98,99)104-78-86(93)79-105-111(100,101)107-83-88(81-103-90(95)75-69-63-57-51-45-39-34-29-25-23-27-32-37-42-48-54-60-66-72-84(4)5)109-92(97)77-71-65-59-53-47-41-35-30-26-24-28-33-38-43-49-55-61-67-73-85(6)9-3/h84-88,93H,7-83H2,1-6H3,(H,98,99)(H,100,101)/t85?,86-,87+,88+/m0/s1. The Morgan fingerprint density at radius 3 is 0.685 bits per heavy atom. The van der Waals surface area contributed by atoms with Crippen molar-refractivity contribution < 1.29 is 80.2 Å². The fraction of sp³-hybridized carbons (Fsp3) is 0.957. The monoisotopic (exact) mass is 1620 g/mol. The summed E-state index contributed by atoms with van der Waals surface area (Å²) in [7, 11) is -9.94. The summed E-state index contributed by atoms with van der Waals surface area (Å²) in [4.78, 5) is 73.5. The summed E-state index contributed by atoms with van der Waals surface area (Å²) >= 11 is 0. The second kappa shape index (κ2) is 83.1. The summed E-state index contributed by atoms with van der Waals surface area (Å²) in [5.41, 5.74) is 0. The molecule has 660 valence electrons. The van der Waals surface area contributed by atoms with Crippen LogP contribution >= 0.6 is 15.6 Å². The van der Waals surface area contributed by atoms with Gasteiger partial charge in [0.25, 0.3) is 0 Å². The average molecular weight is 1620 g/mol. The third-order valence-electron chi connectivity index (χ3n) is 22.1. The van der Waals surface area contributed by atoms with Crippen molar-refractivity contribution in [3.05, 3.63) is 0 Å². The Morgan fingerprint density at radius 2 is 0.459 bits per heavy atom. The van der Waals surface area contributed by atoms with Gasteiger partial charge in [-0.25, -0.2) is 9.13 Å². The number of ether oxygens (including phenoxy) is 4. The molecule has 0 saturated heterocycles. The Kier molecular flexibility index (Phi) is 81.7. The predicted octanol–water partition coefficient (Wildman–Crippen LogP) is 28.6. The van der Waals surface area contributed by atoms with Gasteiger partial charge in [-0.1, -0.05) is 446 Å². The largest absolute Gasteiger partial charge is 0.472 e. The number of rotatable bonds is 91. The number of carbonyl (C=O) groups excluding carboxylic acids is 4. The first-order valence-electron chi connectivity index (χ1n) is 47.5. The lowest BCUT2D eigenvalue weighted by molar-refractivity contribution is -0.161. The average Bonchev–Trinajstić information content (AvgIpc) is 0.894. The van der Waals surface area contributed by atoms with Crippen LogP contribution in [0.25, 0.3) is 0 Å². The molecular formula is C92H180O17P2. The minimum atomic E-state index is -4.97. The van der Waals surface area contributed by atoms with E-state index in [1.165, 1.54) is 315 Å². The van der Waals surface area contributed by atoms with Crippen molar-refractivity contribution in [2.75, 3.05) is 39.6 Å². The number of carbonyl (C=O) groups is 4. The molecule has 0 aliphatic heterocycles. The molecule has 0 aromatic rings. The number of hydrogen-bond donors (Lipinski definition) is 3. The van der Waals surface area contributed by atoms with E-state index in [0.717, 1.165) is 102 Å². The minimum Gasteiger partial charge on any atom is -0.462 e. The second-order valence-corrected chi connectivity index (χ2v) is 36.7. The highest BCUT2D eigenvalue weighted by molar-refractivity contribution is 7.47. The fourth-order valence-electron chi connectivity index (χ4n) is 14.4. The van der Waals surface area contributed by atoms with Crippen LogP contribution in [0, 0.1) is 11.8 Å². The quantitative estimate of drug-likeness (QED) is 0.0222. The Labute approximate surface area is 683 Å². The molecule has 0 spiro atoms. The van der Waals surface area contributed by atoms with E-state index < -0.39 is 97.5 Å². The molecule has 0 aliphatic rings. The topological polar surface area (TPSA) is 237 Å². The zero-order valence-electron chi connectivity index (χ0n) is 73.3. The Morgan fingerprint density at radius 1 is 0.261 bits per heavy atom. The van der Waals surface area contributed by atoms with Gasteiger partial charge in [0.1, 0.15) is 19.3 Å². The molecule has 0 rings (SSSR count). The van der Waals surface area contributed by atoms with E-state index in [-0.39, 0.29) is 25.7 Å². The summed E-state index contributed by atoms with van der Waals surface area (Å²) in [6.45, 7) is 9.82. The maximum atomic E-state index is 13.2. The van der Waals surface area contributed by atoms with E-state index in [1.54, 1.807) is 0 Å². The molecule has 19 heteroatoms. The first kappa shape index (κ1) is 109. The number of aliphatic hydroxyl groups is 1. The molecule has 0 aromatic carbocycles. The van der Waals surface area contributed by atoms with Gasteiger partial charge in [-0.15, -0.1) is 0 Å². The molecule has 0 saturated carbocycles. The van der Waals surface area contributed by atoms with E-state index in [9.17, 15) is 43.2 Å². The lowest BCUT2D eigenvalue weighted by atomic mass is 9.99. The van der Waals surface area contributed by atoms with Crippen molar-refractivity contribution in [1.82, 2.24) is 0 Å². The van der Waals surface area contributed by atoms with Crippen molar-refractivity contribution in [1.29, 1.82) is 0 Å². The van der Waals surface area contributed by atoms with E-state index in [0.29, 0.717) is 25.7 Å². The van der Waals surface area contributed by atoms with Crippen LogP contribution in [0.15, 0.2) is 0 Å². The van der Waals surface area contributed by atoms with Crippen LogP contribution in [-0.2, 0) is 65.4 Å². The Bertz CT molecular complexity index is 2120. The van der Waals surface area contributed by atoms with Crippen LogP contribution < -0.4 is 0 Å². The third-order valence-corrected chi connectivity index (χ3v) is 24.0. The Balaban J connectivity index is 5.24. The summed E-state index contributed by atoms with van der Waals surface area (Å²) < 4.78 is 69.1. The highest BCUT2D eigenvalue weighted by Crippen LogP contribution is 2.45. The molecule has 0 heterocycles. The molecule has 3 unspecified atom stereocenters.